The van der Waals surface area contributed by atoms with Crippen molar-refractivity contribution >= 4 is 17.7 Å². The van der Waals surface area contributed by atoms with Gasteiger partial charge in [-0.15, -0.1) is 0 Å². The van der Waals surface area contributed by atoms with Crippen LogP contribution >= 0.6 is 0 Å². The average Bonchev–Trinajstić information content (AvgIpc) is 2.47. The highest BCUT2D eigenvalue weighted by atomic mass is 16.3. The van der Waals surface area contributed by atoms with Crippen molar-refractivity contribution in [3.8, 4) is 0 Å². The summed E-state index contributed by atoms with van der Waals surface area (Å²) in [4.78, 5) is 20.5. The zero-order valence-corrected chi connectivity index (χ0v) is 15.7. The molecule has 0 spiro atoms. The molecule has 0 unspecified atom stereocenters. The molecule has 1 fully saturated rings. The van der Waals surface area contributed by atoms with Crippen molar-refractivity contribution in [3.63, 3.8) is 0 Å². The van der Waals surface area contributed by atoms with Gasteiger partial charge in [0.05, 0.1) is 11.7 Å². The van der Waals surface area contributed by atoms with Crippen LogP contribution in [0.1, 0.15) is 70.2 Å². The summed E-state index contributed by atoms with van der Waals surface area (Å²) >= 11 is 0. The second kappa shape index (κ2) is 7.99. The molecule has 0 atom stereocenters. The monoisotopic (exact) mass is 349 g/mol. The summed E-state index contributed by atoms with van der Waals surface area (Å²) in [6.45, 7) is 8.47. The Kier molecular flexibility index (Phi) is 6.21. The number of hydrogen-bond acceptors (Lipinski definition) is 6. The number of aliphatic hydroxyl groups excluding tert-OH is 1. The fraction of sp³-hybridized carbons (Fsp3) is 0.722. The maximum atomic E-state index is 11.7. The third-order valence-corrected chi connectivity index (χ3v) is 4.46. The predicted octanol–water partition coefficient (Wildman–Crippen LogP) is 2.53. The normalized spacial score (nSPS) is 21.2. The van der Waals surface area contributed by atoms with Crippen molar-refractivity contribution in [1.82, 2.24) is 9.97 Å². The van der Waals surface area contributed by atoms with Gasteiger partial charge >= 0.3 is 0 Å². The fourth-order valence-corrected chi connectivity index (χ4v) is 3.52. The van der Waals surface area contributed by atoms with Gasteiger partial charge in [0.1, 0.15) is 5.82 Å². The molecule has 7 nitrogen and oxygen atoms in total. The van der Waals surface area contributed by atoms with E-state index >= 15 is 0 Å². The number of primary amides is 1. The number of hydrogen-bond donors (Lipinski definition) is 4. The van der Waals surface area contributed by atoms with Gasteiger partial charge in [-0.3, -0.25) is 4.79 Å². The SMILES string of the molecule is CC(C)CC(C)(C)Nc1nc(NC2CCC(O)CC2)ncc1C(N)=O. The molecule has 25 heavy (non-hydrogen) atoms. The predicted molar refractivity (Wildman–Crippen MR) is 99.6 cm³/mol. The minimum atomic E-state index is -0.546. The number of nitrogens with one attached hydrogen (secondary N) is 2. The summed E-state index contributed by atoms with van der Waals surface area (Å²) in [5, 5.41) is 16.3. The number of carbonyl (C=O) groups is 1. The van der Waals surface area contributed by atoms with Gasteiger partial charge in [0, 0.05) is 17.8 Å². The molecular formula is C18H31N5O2. The van der Waals surface area contributed by atoms with Gasteiger partial charge in [0.25, 0.3) is 5.91 Å². The van der Waals surface area contributed by atoms with Crippen molar-refractivity contribution in [2.75, 3.05) is 10.6 Å². The lowest BCUT2D eigenvalue weighted by Crippen LogP contribution is -2.34. The fourth-order valence-electron chi connectivity index (χ4n) is 3.52. The maximum Gasteiger partial charge on any atom is 0.254 e. The Morgan fingerprint density at radius 2 is 2.00 bits per heavy atom. The van der Waals surface area contributed by atoms with Crippen molar-refractivity contribution in [2.45, 2.75) is 77.5 Å². The van der Waals surface area contributed by atoms with E-state index in [1.54, 1.807) is 0 Å². The molecule has 2 rings (SSSR count). The van der Waals surface area contributed by atoms with Crippen LogP contribution in [-0.2, 0) is 0 Å². The van der Waals surface area contributed by atoms with Crippen molar-refractivity contribution in [1.29, 1.82) is 0 Å². The van der Waals surface area contributed by atoms with Crippen molar-refractivity contribution in [3.05, 3.63) is 11.8 Å². The number of anilines is 2. The Bertz CT molecular complexity index is 595. The van der Waals surface area contributed by atoms with Crippen molar-refractivity contribution in [2.24, 2.45) is 11.7 Å². The van der Waals surface area contributed by atoms with Crippen LogP contribution in [0.2, 0.25) is 0 Å². The highest BCUT2D eigenvalue weighted by Gasteiger charge is 2.24. The summed E-state index contributed by atoms with van der Waals surface area (Å²) in [5.41, 5.74) is 5.55. The molecule has 140 valence electrons. The Balaban J connectivity index is 2.16. The van der Waals surface area contributed by atoms with E-state index in [4.69, 9.17) is 5.73 Å². The van der Waals surface area contributed by atoms with Crippen LogP contribution in [0.3, 0.4) is 0 Å². The highest BCUT2D eigenvalue weighted by Crippen LogP contribution is 2.25. The van der Waals surface area contributed by atoms with Crippen LogP contribution in [-0.4, -0.2) is 38.7 Å². The lowest BCUT2D eigenvalue weighted by Gasteiger charge is -2.30. The Hall–Kier alpha value is -1.89. The molecule has 1 amide bonds. The second-order valence-corrected chi connectivity index (χ2v) is 8.08. The number of aliphatic hydroxyl groups is 1. The standard InChI is InChI=1S/C18H31N5O2/c1-11(2)9-18(3,4)23-16-14(15(19)25)10-20-17(22-16)21-12-5-7-13(24)8-6-12/h10-13,24H,5-9H2,1-4H3,(H2,19,25)(H2,20,21,22,23). The lowest BCUT2D eigenvalue weighted by molar-refractivity contribution is 0.1000. The largest absolute Gasteiger partial charge is 0.393 e. The number of carbonyl (C=O) groups excluding carboxylic acids is 1. The summed E-state index contributed by atoms with van der Waals surface area (Å²) in [5.74, 6) is 0.906. The molecule has 1 aliphatic carbocycles. The molecule has 0 radical (unpaired) electrons. The molecule has 0 aliphatic heterocycles. The van der Waals surface area contributed by atoms with E-state index in [1.165, 1.54) is 6.20 Å². The van der Waals surface area contributed by atoms with Gasteiger partial charge in [0.15, 0.2) is 0 Å². The van der Waals surface area contributed by atoms with Crippen LogP contribution in [0.4, 0.5) is 11.8 Å². The van der Waals surface area contributed by atoms with Gasteiger partial charge < -0.3 is 21.5 Å². The van der Waals surface area contributed by atoms with Crippen LogP contribution in [0, 0.1) is 5.92 Å². The van der Waals surface area contributed by atoms with Gasteiger partial charge in [-0.2, -0.15) is 4.98 Å². The van der Waals surface area contributed by atoms with E-state index in [1.807, 2.05) is 0 Å². The first kappa shape index (κ1) is 19.4. The summed E-state index contributed by atoms with van der Waals surface area (Å²) < 4.78 is 0. The van der Waals surface area contributed by atoms with Crippen LogP contribution in [0.25, 0.3) is 0 Å². The molecule has 1 saturated carbocycles. The van der Waals surface area contributed by atoms with Gasteiger partial charge in [-0.1, -0.05) is 13.8 Å². The third kappa shape index (κ3) is 5.85. The number of nitrogens with zero attached hydrogens (tertiary/aromatic N) is 2. The minimum Gasteiger partial charge on any atom is -0.393 e. The maximum absolute atomic E-state index is 11.7. The van der Waals surface area contributed by atoms with Gasteiger partial charge in [-0.25, -0.2) is 4.98 Å². The minimum absolute atomic E-state index is 0.203. The molecular weight excluding hydrogens is 318 g/mol. The first-order valence-corrected chi connectivity index (χ1v) is 9.06. The summed E-state index contributed by atoms with van der Waals surface area (Å²) in [6.07, 6.45) is 5.52. The quantitative estimate of drug-likeness (QED) is 0.601. The first-order valence-electron chi connectivity index (χ1n) is 9.06. The van der Waals surface area contributed by atoms with E-state index in [9.17, 15) is 9.90 Å². The number of nitrogens with two attached hydrogens (primary N) is 1. The van der Waals surface area contributed by atoms with Crippen LogP contribution in [0.5, 0.6) is 0 Å². The molecule has 0 aromatic carbocycles. The molecule has 0 saturated heterocycles. The third-order valence-electron chi connectivity index (χ3n) is 4.46. The topological polar surface area (TPSA) is 113 Å². The molecule has 1 aliphatic rings. The van der Waals surface area contributed by atoms with Gasteiger partial charge in [0.2, 0.25) is 5.95 Å². The molecule has 0 bridgehead atoms. The van der Waals surface area contributed by atoms with E-state index in [0.29, 0.717) is 23.2 Å². The summed E-state index contributed by atoms with van der Waals surface area (Å²) in [6, 6.07) is 0.236. The number of rotatable bonds is 7. The molecule has 5 N–H and O–H groups in total. The van der Waals surface area contributed by atoms with Crippen molar-refractivity contribution < 1.29 is 9.90 Å². The van der Waals surface area contributed by atoms with Crippen LogP contribution < -0.4 is 16.4 Å². The summed E-state index contributed by atoms with van der Waals surface area (Å²) in [7, 11) is 0. The zero-order chi connectivity index (χ0) is 18.6. The second-order valence-electron chi connectivity index (χ2n) is 8.08. The van der Waals surface area contributed by atoms with E-state index in [-0.39, 0.29) is 17.7 Å². The van der Waals surface area contributed by atoms with Gasteiger partial charge in [-0.05, 0) is 51.9 Å². The Morgan fingerprint density at radius 1 is 1.36 bits per heavy atom. The Morgan fingerprint density at radius 3 is 2.56 bits per heavy atom. The average molecular weight is 349 g/mol. The number of aromatic nitrogens is 2. The molecule has 1 aromatic heterocycles. The smallest absolute Gasteiger partial charge is 0.254 e. The number of amides is 1. The highest BCUT2D eigenvalue weighted by molar-refractivity contribution is 5.97. The molecule has 7 heteroatoms. The van der Waals surface area contributed by atoms with Crippen LogP contribution in [0.15, 0.2) is 6.20 Å². The lowest BCUT2D eigenvalue weighted by atomic mass is 9.92. The molecule has 1 aromatic rings. The molecule has 1 heterocycles. The Labute approximate surface area is 149 Å². The van der Waals surface area contributed by atoms with E-state index < -0.39 is 5.91 Å². The van der Waals surface area contributed by atoms with E-state index in [0.717, 1.165) is 32.1 Å². The first-order chi connectivity index (χ1) is 11.7. The zero-order valence-electron chi connectivity index (χ0n) is 15.7. The van der Waals surface area contributed by atoms with E-state index in [2.05, 4.69) is 48.3 Å².